The second-order valence-corrected chi connectivity index (χ2v) is 6.56. The number of allylic oxidation sites excluding steroid dienone is 5. The zero-order chi connectivity index (χ0) is 18.2. The van der Waals surface area contributed by atoms with E-state index in [1.165, 1.54) is 6.07 Å². The number of phenols is 2. The average Bonchev–Trinajstić information content (AvgIpc) is 2.52. The first-order valence-corrected chi connectivity index (χ1v) is 8.02. The first-order valence-electron chi connectivity index (χ1n) is 8.02. The molecule has 0 spiro atoms. The summed E-state index contributed by atoms with van der Waals surface area (Å²) < 4.78 is 5.71. The molecule has 0 amide bonds. The van der Waals surface area contributed by atoms with Crippen LogP contribution < -0.4 is 4.74 Å². The van der Waals surface area contributed by atoms with Gasteiger partial charge in [-0.2, -0.15) is 0 Å². The van der Waals surface area contributed by atoms with Gasteiger partial charge in [-0.25, -0.2) is 0 Å². The van der Waals surface area contributed by atoms with Crippen molar-refractivity contribution in [2.24, 2.45) is 0 Å². The average molecular weight is 340 g/mol. The van der Waals surface area contributed by atoms with Crippen molar-refractivity contribution in [3.05, 3.63) is 65.0 Å². The SMILES string of the molecule is CC(C)=CCC1(O)C=CC(=C2CC(=O)c3c(O)cc(O)cc3O2)C=C1. The lowest BCUT2D eigenvalue weighted by atomic mass is 9.90. The van der Waals surface area contributed by atoms with Crippen LogP contribution in [0.1, 0.15) is 37.0 Å². The third-order valence-corrected chi connectivity index (χ3v) is 4.16. The quantitative estimate of drug-likeness (QED) is 0.717. The van der Waals surface area contributed by atoms with Crippen LogP contribution in [0.3, 0.4) is 0 Å². The van der Waals surface area contributed by atoms with Crippen LogP contribution >= 0.6 is 0 Å². The molecule has 2 aliphatic rings. The Balaban J connectivity index is 1.90. The van der Waals surface area contributed by atoms with Crippen LogP contribution in [0.4, 0.5) is 0 Å². The van der Waals surface area contributed by atoms with E-state index >= 15 is 0 Å². The van der Waals surface area contributed by atoms with E-state index < -0.39 is 5.60 Å². The van der Waals surface area contributed by atoms with E-state index in [1.54, 1.807) is 24.3 Å². The number of benzene rings is 1. The molecule has 1 aliphatic heterocycles. The fourth-order valence-electron chi connectivity index (χ4n) is 2.78. The largest absolute Gasteiger partial charge is 0.508 e. The minimum absolute atomic E-state index is 0.00173. The van der Waals surface area contributed by atoms with E-state index in [9.17, 15) is 20.1 Å². The Morgan fingerprint density at radius 1 is 1.24 bits per heavy atom. The van der Waals surface area contributed by atoms with Crippen molar-refractivity contribution in [1.82, 2.24) is 0 Å². The van der Waals surface area contributed by atoms with Crippen molar-refractivity contribution in [3.63, 3.8) is 0 Å². The summed E-state index contributed by atoms with van der Waals surface area (Å²) in [5.74, 6) is -0.216. The number of carbonyl (C=O) groups is 1. The number of hydrogen-bond donors (Lipinski definition) is 3. The number of rotatable bonds is 2. The molecule has 0 bridgehead atoms. The number of ether oxygens (including phenoxy) is 1. The maximum absolute atomic E-state index is 12.3. The van der Waals surface area contributed by atoms with Crippen LogP contribution in [-0.4, -0.2) is 26.7 Å². The lowest BCUT2D eigenvalue weighted by Crippen LogP contribution is -2.24. The van der Waals surface area contributed by atoms with Gasteiger partial charge in [0.25, 0.3) is 0 Å². The highest BCUT2D eigenvalue weighted by molar-refractivity contribution is 6.04. The van der Waals surface area contributed by atoms with Crippen LogP contribution in [0.25, 0.3) is 0 Å². The second-order valence-electron chi connectivity index (χ2n) is 6.56. The topological polar surface area (TPSA) is 87.0 Å². The number of carbonyl (C=O) groups excluding carboxylic acids is 1. The molecule has 5 nitrogen and oxygen atoms in total. The van der Waals surface area contributed by atoms with Crippen molar-refractivity contribution < 1.29 is 24.9 Å². The highest BCUT2D eigenvalue weighted by Crippen LogP contribution is 2.40. The summed E-state index contributed by atoms with van der Waals surface area (Å²) in [6.07, 6.45) is 9.19. The summed E-state index contributed by atoms with van der Waals surface area (Å²) in [5, 5.41) is 29.9. The Morgan fingerprint density at radius 3 is 2.56 bits per heavy atom. The smallest absolute Gasteiger partial charge is 0.177 e. The third kappa shape index (κ3) is 3.51. The van der Waals surface area contributed by atoms with Crippen LogP contribution in [0.2, 0.25) is 0 Å². The minimum atomic E-state index is -1.06. The Bertz CT molecular complexity index is 835. The number of phenolic OH excluding ortho intramolecular Hbond substituents is 2. The van der Waals surface area contributed by atoms with Crippen LogP contribution in [0.5, 0.6) is 17.2 Å². The fraction of sp³-hybridized carbons (Fsp3) is 0.250. The molecule has 1 aromatic carbocycles. The van der Waals surface area contributed by atoms with E-state index in [-0.39, 0.29) is 35.0 Å². The Hall–Kier alpha value is -2.79. The van der Waals surface area contributed by atoms with Gasteiger partial charge in [-0.15, -0.1) is 0 Å². The highest BCUT2D eigenvalue weighted by atomic mass is 16.5. The van der Waals surface area contributed by atoms with Crippen LogP contribution in [0, 0.1) is 0 Å². The third-order valence-electron chi connectivity index (χ3n) is 4.16. The van der Waals surface area contributed by atoms with Crippen molar-refractivity contribution in [1.29, 1.82) is 0 Å². The predicted molar refractivity (Wildman–Crippen MR) is 93.7 cm³/mol. The maximum atomic E-state index is 12.3. The van der Waals surface area contributed by atoms with Gasteiger partial charge in [0.2, 0.25) is 0 Å². The molecule has 1 aliphatic carbocycles. The lowest BCUT2D eigenvalue weighted by molar-refractivity contribution is 0.0960. The van der Waals surface area contributed by atoms with E-state index in [0.717, 1.165) is 11.6 Å². The zero-order valence-corrected chi connectivity index (χ0v) is 14.1. The van der Waals surface area contributed by atoms with Gasteiger partial charge in [0.1, 0.15) is 34.2 Å². The second kappa shape index (κ2) is 6.26. The molecule has 3 N–H and O–H groups in total. The summed E-state index contributed by atoms with van der Waals surface area (Å²) in [5.41, 5.74) is 0.806. The minimum Gasteiger partial charge on any atom is -0.508 e. The predicted octanol–water partition coefficient (Wildman–Crippen LogP) is 3.53. The normalized spacial score (nSPS) is 21.8. The molecule has 0 saturated carbocycles. The standard InChI is InChI=1S/C20H20O5/c1-12(2)3-6-20(24)7-4-13(5-8-20)17-11-16(23)19-15(22)9-14(21)10-18(19)25-17/h3-5,7-10,21-22,24H,6,11H2,1-2H3. The van der Waals surface area contributed by atoms with E-state index in [4.69, 9.17) is 4.74 Å². The molecule has 25 heavy (non-hydrogen) atoms. The van der Waals surface area contributed by atoms with Gasteiger partial charge in [-0.1, -0.05) is 23.8 Å². The van der Waals surface area contributed by atoms with E-state index in [1.807, 2.05) is 19.9 Å². The van der Waals surface area contributed by atoms with Crippen molar-refractivity contribution in [2.45, 2.75) is 32.3 Å². The molecule has 3 rings (SSSR count). The maximum Gasteiger partial charge on any atom is 0.177 e. The summed E-state index contributed by atoms with van der Waals surface area (Å²) >= 11 is 0. The van der Waals surface area contributed by atoms with Gasteiger partial charge in [0.05, 0.1) is 6.42 Å². The van der Waals surface area contributed by atoms with E-state index in [0.29, 0.717) is 17.8 Å². The number of ketones is 1. The van der Waals surface area contributed by atoms with Gasteiger partial charge in [-0.3, -0.25) is 4.79 Å². The van der Waals surface area contributed by atoms with Gasteiger partial charge < -0.3 is 20.1 Å². The Morgan fingerprint density at radius 2 is 1.92 bits per heavy atom. The molecular formula is C20H20O5. The Labute approximate surface area is 145 Å². The molecule has 1 heterocycles. The van der Waals surface area contributed by atoms with Gasteiger partial charge in [0.15, 0.2) is 5.78 Å². The summed E-state index contributed by atoms with van der Waals surface area (Å²) in [6.45, 7) is 3.94. The van der Waals surface area contributed by atoms with Gasteiger partial charge in [-0.05, 0) is 26.0 Å². The molecule has 0 atom stereocenters. The summed E-state index contributed by atoms with van der Waals surface area (Å²) in [7, 11) is 0. The zero-order valence-electron chi connectivity index (χ0n) is 14.1. The van der Waals surface area contributed by atoms with Gasteiger partial charge in [0, 0.05) is 24.1 Å². The number of hydrogen-bond acceptors (Lipinski definition) is 5. The molecule has 0 unspecified atom stereocenters. The highest BCUT2D eigenvalue weighted by Gasteiger charge is 2.29. The number of fused-ring (bicyclic) bond motifs is 1. The molecule has 130 valence electrons. The molecule has 0 saturated heterocycles. The molecule has 5 heteroatoms. The first kappa shape index (κ1) is 17.0. The Kier molecular flexibility index (Phi) is 4.27. The molecule has 0 aromatic heterocycles. The first-order chi connectivity index (χ1) is 11.8. The lowest BCUT2D eigenvalue weighted by Gasteiger charge is -2.25. The van der Waals surface area contributed by atoms with E-state index in [2.05, 4.69) is 0 Å². The molecule has 0 fully saturated rings. The number of Topliss-reactive ketones (excluding diaryl/α,β-unsaturated/α-hetero) is 1. The monoisotopic (exact) mass is 340 g/mol. The molecule has 0 radical (unpaired) electrons. The molecular weight excluding hydrogens is 320 g/mol. The van der Waals surface area contributed by atoms with Crippen molar-refractivity contribution in [3.8, 4) is 17.2 Å². The summed E-state index contributed by atoms with van der Waals surface area (Å²) in [6, 6.07) is 2.41. The van der Waals surface area contributed by atoms with Crippen molar-refractivity contribution >= 4 is 5.78 Å². The number of aromatic hydroxyl groups is 2. The van der Waals surface area contributed by atoms with Crippen molar-refractivity contribution in [2.75, 3.05) is 0 Å². The number of aliphatic hydroxyl groups is 1. The fourth-order valence-corrected chi connectivity index (χ4v) is 2.78. The van der Waals surface area contributed by atoms with Gasteiger partial charge >= 0.3 is 0 Å². The molecule has 1 aromatic rings. The van der Waals surface area contributed by atoms with Crippen LogP contribution in [-0.2, 0) is 0 Å². The summed E-state index contributed by atoms with van der Waals surface area (Å²) in [4.78, 5) is 12.3. The van der Waals surface area contributed by atoms with Crippen LogP contribution in [0.15, 0.2) is 59.4 Å².